The van der Waals surface area contributed by atoms with E-state index in [1.807, 2.05) is 30.7 Å². The van der Waals surface area contributed by atoms with Gasteiger partial charge in [0.1, 0.15) is 0 Å². The van der Waals surface area contributed by atoms with E-state index in [1.165, 1.54) is 0 Å². The Labute approximate surface area is 112 Å². The Hall–Kier alpha value is -2.30. The number of hydrogen-bond donors (Lipinski definition) is 2. The molecule has 0 aliphatic heterocycles. The third-order valence-corrected chi connectivity index (χ3v) is 2.96. The lowest BCUT2D eigenvalue weighted by molar-refractivity contribution is 0.0937. The first kappa shape index (κ1) is 13.1. The molecule has 1 heterocycles. The second-order valence-electron chi connectivity index (χ2n) is 4.71. The number of carbonyl (C=O) groups is 1. The largest absolute Gasteiger partial charge is 0.398 e. The Balaban J connectivity index is 1.98. The van der Waals surface area contributed by atoms with Crippen LogP contribution in [0.25, 0.3) is 0 Å². The smallest absolute Gasteiger partial charge is 0.251 e. The van der Waals surface area contributed by atoms with Crippen LogP contribution < -0.4 is 11.1 Å². The van der Waals surface area contributed by atoms with Crippen molar-refractivity contribution in [2.75, 3.05) is 5.73 Å². The highest BCUT2D eigenvalue weighted by atomic mass is 16.1. The van der Waals surface area contributed by atoms with Gasteiger partial charge in [-0.05, 0) is 31.5 Å². The number of rotatable bonds is 4. The topological polar surface area (TPSA) is 72.9 Å². The fourth-order valence-corrected chi connectivity index (χ4v) is 1.85. The number of aryl methyl sites for hydroxylation is 1. The summed E-state index contributed by atoms with van der Waals surface area (Å²) < 4.78 is 1.93. The van der Waals surface area contributed by atoms with Crippen molar-refractivity contribution in [3.8, 4) is 0 Å². The number of nitrogens with zero attached hydrogens (tertiary/aromatic N) is 2. The number of nitrogens with two attached hydrogens (primary N) is 1. The van der Waals surface area contributed by atoms with Gasteiger partial charge in [-0.3, -0.25) is 4.79 Å². The number of hydrogen-bond acceptors (Lipinski definition) is 3. The molecule has 2 aromatic rings. The Morgan fingerprint density at radius 1 is 1.53 bits per heavy atom. The first-order chi connectivity index (χ1) is 9.06. The van der Waals surface area contributed by atoms with E-state index in [0.717, 1.165) is 5.56 Å². The summed E-state index contributed by atoms with van der Waals surface area (Å²) in [5, 5.41) is 2.94. The number of carbonyl (C=O) groups excluding carboxylic acids is 1. The molecule has 0 saturated carbocycles. The lowest BCUT2D eigenvalue weighted by Gasteiger charge is -2.14. The molecule has 19 heavy (non-hydrogen) atoms. The molecule has 1 amide bonds. The van der Waals surface area contributed by atoms with Crippen LogP contribution in [-0.4, -0.2) is 21.5 Å². The maximum Gasteiger partial charge on any atom is 0.251 e. The zero-order chi connectivity index (χ0) is 13.8. The molecule has 0 fully saturated rings. The first-order valence-electron chi connectivity index (χ1n) is 6.19. The van der Waals surface area contributed by atoms with Crippen LogP contribution in [0.4, 0.5) is 5.69 Å². The van der Waals surface area contributed by atoms with Crippen molar-refractivity contribution in [2.45, 2.75) is 26.4 Å². The van der Waals surface area contributed by atoms with E-state index in [-0.39, 0.29) is 11.9 Å². The predicted octanol–water partition coefficient (Wildman–Crippen LogP) is 1.59. The molecule has 0 spiro atoms. The van der Waals surface area contributed by atoms with Gasteiger partial charge in [0.15, 0.2) is 0 Å². The van der Waals surface area contributed by atoms with Crippen LogP contribution in [0.1, 0.15) is 22.8 Å². The summed E-state index contributed by atoms with van der Waals surface area (Å²) in [7, 11) is 0. The minimum atomic E-state index is -0.112. The quantitative estimate of drug-likeness (QED) is 0.818. The summed E-state index contributed by atoms with van der Waals surface area (Å²) in [5.41, 5.74) is 8.00. The third kappa shape index (κ3) is 3.34. The van der Waals surface area contributed by atoms with Crippen molar-refractivity contribution in [1.82, 2.24) is 14.9 Å². The lowest BCUT2D eigenvalue weighted by atomic mass is 10.1. The average Bonchev–Trinajstić information content (AvgIpc) is 2.85. The van der Waals surface area contributed by atoms with E-state index in [0.29, 0.717) is 17.8 Å². The molecule has 5 nitrogen and oxygen atoms in total. The summed E-state index contributed by atoms with van der Waals surface area (Å²) >= 11 is 0. The van der Waals surface area contributed by atoms with Gasteiger partial charge in [-0.25, -0.2) is 4.98 Å². The minimum Gasteiger partial charge on any atom is -0.398 e. The number of aromatic nitrogens is 2. The van der Waals surface area contributed by atoms with Gasteiger partial charge in [-0.15, -0.1) is 0 Å². The standard InChI is InChI=1S/C14H18N4O/c1-10-3-4-12(7-13(10)15)14(19)17-11(2)8-18-6-5-16-9-18/h3-7,9,11H,8,15H2,1-2H3,(H,17,19). The highest BCUT2D eigenvalue weighted by molar-refractivity contribution is 5.95. The molecule has 100 valence electrons. The van der Waals surface area contributed by atoms with E-state index in [4.69, 9.17) is 5.73 Å². The van der Waals surface area contributed by atoms with Gasteiger partial charge in [0.2, 0.25) is 0 Å². The molecule has 0 aliphatic carbocycles. The van der Waals surface area contributed by atoms with Gasteiger partial charge in [0.05, 0.1) is 6.33 Å². The van der Waals surface area contributed by atoms with E-state index in [2.05, 4.69) is 10.3 Å². The SMILES string of the molecule is Cc1ccc(C(=O)NC(C)Cn2ccnc2)cc1N. The summed E-state index contributed by atoms with van der Waals surface area (Å²) in [6.45, 7) is 4.56. The molecule has 1 unspecified atom stereocenters. The molecule has 0 bridgehead atoms. The predicted molar refractivity (Wildman–Crippen MR) is 74.7 cm³/mol. The fraction of sp³-hybridized carbons (Fsp3) is 0.286. The van der Waals surface area contributed by atoms with E-state index in [1.54, 1.807) is 24.7 Å². The second kappa shape index (κ2) is 5.56. The number of nitrogen functional groups attached to an aromatic ring is 1. The number of anilines is 1. The second-order valence-corrected chi connectivity index (χ2v) is 4.71. The molecule has 0 saturated heterocycles. The molecular formula is C14H18N4O. The molecule has 3 N–H and O–H groups in total. The van der Waals surface area contributed by atoms with Crippen molar-refractivity contribution < 1.29 is 4.79 Å². The molecule has 2 rings (SSSR count). The van der Waals surface area contributed by atoms with Gasteiger partial charge < -0.3 is 15.6 Å². The maximum atomic E-state index is 12.1. The minimum absolute atomic E-state index is 0.0178. The average molecular weight is 258 g/mol. The molecule has 0 radical (unpaired) electrons. The maximum absolute atomic E-state index is 12.1. The summed E-state index contributed by atoms with van der Waals surface area (Å²) in [5.74, 6) is -0.112. The molecule has 0 aliphatic rings. The summed E-state index contributed by atoms with van der Waals surface area (Å²) in [6, 6.07) is 5.36. The normalized spacial score (nSPS) is 12.1. The summed E-state index contributed by atoms with van der Waals surface area (Å²) in [4.78, 5) is 16.0. The van der Waals surface area contributed by atoms with Gasteiger partial charge in [-0.1, -0.05) is 6.07 Å². The van der Waals surface area contributed by atoms with Crippen molar-refractivity contribution in [2.24, 2.45) is 0 Å². The lowest BCUT2D eigenvalue weighted by Crippen LogP contribution is -2.35. The van der Waals surface area contributed by atoms with Crippen LogP contribution in [0.15, 0.2) is 36.9 Å². The fourth-order valence-electron chi connectivity index (χ4n) is 1.85. The Kier molecular flexibility index (Phi) is 3.85. The van der Waals surface area contributed by atoms with Crippen molar-refractivity contribution >= 4 is 11.6 Å². The molecular weight excluding hydrogens is 240 g/mol. The number of benzene rings is 1. The van der Waals surface area contributed by atoms with Crippen LogP contribution in [-0.2, 0) is 6.54 Å². The van der Waals surface area contributed by atoms with E-state index >= 15 is 0 Å². The Bertz CT molecular complexity index is 563. The van der Waals surface area contributed by atoms with Crippen LogP contribution in [0.2, 0.25) is 0 Å². The molecule has 5 heteroatoms. The van der Waals surface area contributed by atoms with Gasteiger partial charge in [0, 0.05) is 36.2 Å². The Morgan fingerprint density at radius 3 is 2.95 bits per heavy atom. The van der Waals surface area contributed by atoms with Gasteiger partial charge in [-0.2, -0.15) is 0 Å². The third-order valence-electron chi connectivity index (χ3n) is 2.96. The number of nitrogens with one attached hydrogen (secondary N) is 1. The highest BCUT2D eigenvalue weighted by Crippen LogP contribution is 2.12. The van der Waals surface area contributed by atoms with E-state index < -0.39 is 0 Å². The van der Waals surface area contributed by atoms with Crippen molar-refractivity contribution in [3.63, 3.8) is 0 Å². The van der Waals surface area contributed by atoms with Crippen LogP contribution in [0.3, 0.4) is 0 Å². The molecule has 1 aromatic carbocycles. The van der Waals surface area contributed by atoms with Crippen molar-refractivity contribution in [1.29, 1.82) is 0 Å². The zero-order valence-corrected chi connectivity index (χ0v) is 11.1. The number of imidazole rings is 1. The van der Waals surface area contributed by atoms with Crippen molar-refractivity contribution in [3.05, 3.63) is 48.0 Å². The monoisotopic (exact) mass is 258 g/mol. The highest BCUT2D eigenvalue weighted by Gasteiger charge is 2.10. The zero-order valence-electron chi connectivity index (χ0n) is 11.1. The molecule has 1 atom stereocenters. The molecule has 1 aromatic heterocycles. The summed E-state index contributed by atoms with van der Waals surface area (Å²) in [6.07, 6.45) is 5.31. The van der Waals surface area contributed by atoms with E-state index in [9.17, 15) is 4.79 Å². The Morgan fingerprint density at radius 2 is 2.32 bits per heavy atom. The van der Waals surface area contributed by atoms with Gasteiger partial charge in [0.25, 0.3) is 5.91 Å². The first-order valence-corrected chi connectivity index (χ1v) is 6.19. The number of amides is 1. The van der Waals surface area contributed by atoms with Crippen LogP contribution >= 0.6 is 0 Å². The van der Waals surface area contributed by atoms with Crippen LogP contribution in [0, 0.1) is 6.92 Å². The van der Waals surface area contributed by atoms with Crippen LogP contribution in [0.5, 0.6) is 0 Å². The van der Waals surface area contributed by atoms with Gasteiger partial charge >= 0.3 is 0 Å².